The Morgan fingerprint density at radius 3 is 2.43 bits per heavy atom. The van der Waals surface area contributed by atoms with E-state index in [1.165, 1.54) is 0 Å². The van der Waals surface area contributed by atoms with Gasteiger partial charge >= 0.3 is 12.1 Å². The highest BCUT2D eigenvalue weighted by Gasteiger charge is 2.21. The first-order valence-corrected chi connectivity index (χ1v) is 7.63. The number of carbonyl (C=O) groups excluding carboxylic acids is 1. The first-order chi connectivity index (χ1) is 10.6. The average molecular weight is 322 g/mol. The summed E-state index contributed by atoms with van der Waals surface area (Å²) in [7, 11) is 0. The van der Waals surface area contributed by atoms with Crippen LogP contribution in [0.25, 0.3) is 0 Å². The van der Waals surface area contributed by atoms with E-state index in [4.69, 9.17) is 4.74 Å². The number of hydrogen-bond donors (Lipinski definition) is 3. The molecule has 0 spiro atoms. The predicted molar refractivity (Wildman–Crippen MR) is 89.4 cm³/mol. The number of amides is 1. The second-order valence-corrected chi connectivity index (χ2v) is 6.76. The van der Waals surface area contributed by atoms with Crippen LogP contribution in [-0.4, -0.2) is 28.8 Å². The molecule has 0 heterocycles. The second kappa shape index (κ2) is 7.85. The van der Waals surface area contributed by atoms with Crippen LogP contribution in [0.4, 0.5) is 10.5 Å². The van der Waals surface area contributed by atoms with Crippen molar-refractivity contribution in [3.8, 4) is 0 Å². The number of alkyl carbamates (subject to hydrolysis) is 1. The number of rotatable bonds is 6. The van der Waals surface area contributed by atoms with Crippen LogP contribution in [0, 0.1) is 5.92 Å². The molecule has 1 amide bonds. The lowest BCUT2D eigenvalue weighted by Crippen LogP contribution is -2.34. The molecule has 1 unspecified atom stereocenters. The molecule has 0 saturated heterocycles. The maximum atomic E-state index is 11.6. The fraction of sp³-hybridized carbons (Fsp3) is 0.529. The summed E-state index contributed by atoms with van der Waals surface area (Å²) in [6, 6.07) is 6.62. The molecule has 3 N–H and O–H groups in total. The minimum Gasteiger partial charge on any atom is -0.480 e. The van der Waals surface area contributed by atoms with E-state index in [0.717, 1.165) is 5.56 Å². The quantitative estimate of drug-likeness (QED) is 0.748. The maximum absolute atomic E-state index is 11.6. The van der Waals surface area contributed by atoms with Crippen molar-refractivity contribution in [3.63, 3.8) is 0 Å². The highest BCUT2D eigenvalue weighted by atomic mass is 16.6. The SMILES string of the molecule is CC(C)C(Nc1cccc(CNC(=O)OC(C)(C)C)c1)C(=O)O. The monoisotopic (exact) mass is 322 g/mol. The summed E-state index contributed by atoms with van der Waals surface area (Å²) in [5.74, 6) is -0.937. The topological polar surface area (TPSA) is 87.7 Å². The molecule has 128 valence electrons. The fourth-order valence-electron chi connectivity index (χ4n) is 1.95. The van der Waals surface area contributed by atoms with Gasteiger partial charge in [0.2, 0.25) is 0 Å². The van der Waals surface area contributed by atoms with Gasteiger partial charge in [-0.3, -0.25) is 0 Å². The summed E-state index contributed by atoms with van der Waals surface area (Å²) in [5.41, 5.74) is 1.02. The highest BCUT2D eigenvalue weighted by Crippen LogP contribution is 2.15. The molecular weight excluding hydrogens is 296 g/mol. The van der Waals surface area contributed by atoms with Gasteiger partial charge < -0.3 is 20.5 Å². The summed E-state index contributed by atoms with van der Waals surface area (Å²) >= 11 is 0. The van der Waals surface area contributed by atoms with Gasteiger partial charge in [-0.25, -0.2) is 9.59 Å². The third kappa shape index (κ3) is 7.04. The van der Waals surface area contributed by atoms with Crippen molar-refractivity contribution in [2.24, 2.45) is 5.92 Å². The highest BCUT2D eigenvalue weighted by molar-refractivity contribution is 5.77. The van der Waals surface area contributed by atoms with Crippen molar-refractivity contribution in [3.05, 3.63) is 29.8 Å². The summed E-state index contributed by atoms with van der Waals surface area (Å²) in [4.78, 5) is 22.9. The third-order valence-corrected chi connectivity index (χ3v) is 3.02. The number of carboxylic acids is 1. The van der Waals surface area contributed by atoms with E-state index in [-0.39, 0.29) is 5.92 Å². The summed E-state index contributed by atoms with van der Waals surface area (Å²) in [5, 5.41) is 14.9. The molecule has 1 aromatic carbocycles. The smallest absolute Gasteiger partial charge is 0.407 e. The minimum absolute atomic E-state index is 0.0453. The normalized spacial score (nSPS) is 12.6. The van der Waals surface area contributed by atoms with Gasteiger partial charge in [-0.05, 0) is 44.4 Å². The molecule has 6 heteroatoms. The number of carboxylic acid groups (broad SMARTS) is 1. The molecule has 6 nitrogen and oxygen atoms in total. The van der Waals surface area contributed by atoms with Crippen LogP contribution in [-0.2, 0) is 16.1 Å². The molecule has 0 saturated carbocycles. The molecule has 0 aliphatic carbocycles. The van der Waals surface area contributed by atoms with Crippen LogP contribution in [0.15, 0.2) is 24.3 Å². The predicted octanol–water partition coefficient (Wildman–Crippen LogP) is 3.23. The van der Waals surface area contributed by atoms with Crippen molar-refractivity contribution in [1.82, 2.24) is 5.32 Å². The summed E-state index contributed by atoms with van der Waals surface area (Å²) in [6.45, 7) is 9.41. The van der Waals surface area contributed by atoms with Crippen LogP contribution in [0.2, 0.25) is 0 Å². The number of aliphatic carboxylic acids is 1. The standard InChI is InChI=1S/C17H26N2O4/c1-11(2)14(15(20)21)19-13-8-6-7-12(9-13)10-18-16(22)23-17(3,4)5/h6-9,11,14,19H,10H2,1-5H3,(H,18,22)(H,20,21). The molecule has 1 atom stereocenters. The van der Waals surface area contributed by atoms with E-state index in [2.05, 4.69) is 10.6 Å². The number of ether oxygens (including phenoxy) is 1. The zero-order chi connectivity index (χ0) is 17.6. The lowest BCUT2D eigenvalue weighted by Gasteiger charge is -2.20. The van der Waals surface area contributed by atoms with Crippen LogP contribution >= 0.6 is 0 Å². The Balaban J connectivity index is 2.66. The Morgan fingerprint density at radius 1 is 1.26 bits per heavy atom. The van der Waals surface area contributed by atoms with Gasteiger partial charge in [0.05, 0.1) is 0 Å². The zero-order valence-corrected chi connectivity index (χ0v) is 14.3. The van der Waals surface area contributed by atoms with Gasteiger partial charge in [0.1, 0.15) is 11.6 Å². The molecule has 0 aromatic heterocycles. The molecule has 0 aliphatic heterocycles. The van der Waals surface area contributed by atoms with Gasteiger partial charge in [0, 0.05) is 12.2 Å². The van der Waals surface area contributed by atoms with Gasteiger partial charge in [0.15, 0.2) is 0 Å². The Kier molecular flexibility index (Phi) is 6.42. The first kappa shape index (κ1) is 18.8. The Bertz CT molecular complexity index is 550. The average Bonchev–Trinajstić information content (AvgIpc) is 2.40. The molecule has 0 fully saturated rings. The van der Waals surface area contributed by atoms with Crippen molar-refractivity contribution < 1.29 is 19.4 Å². The van der Waals surface area contributed by atoms with Crippen LogP contribution in [0.5, 0.6) is 0 Å². The molecule has 0 bridgehead atoms. The minimum atomic E-state index is -0.891. The first-order valence-electron chi connectivity index (χ1n) is 7.63. The van der Waals surface area contributed by atoms with E-state index >= 15 is 0 Å². The zero-order valence-electron chi connectivity index (χ0n) is 14.3. The molecular formula is C17H26N2O4. The second-order valence-electron chi connectivity index (χ2n) is 6.76. The van der Waals surface area contributed by atoms with Gasteiger partial charge in [-0.1, -0.05) is 26.0 Å². The fourth-order valence-corrected chi connectivity index (χ4v) is 1.95. The Labute approximate surface area is 137 Å². The van der Waals surface area contributed by atoms with E-state index in [9.17, 15) is 14.7 Å². The van der Waals surface area contributed by atoms with Crippen molar-refractivity contribution in [2.45, 2.75) is 52.8 Å². The number of hydrogen-bond acceptors (Lipinski definition) is 4. The van der Waals surface area contributed by atoms with Crippen molar-refractivity contribution in [1.29, 1.82) is 0 Å². The van der Waals surface area contributed by atoms with E-state index in [1.807, 2.05) is 32.0 Å². The number of nitrogens with one attached hydrogen (secondary N) is 2. The Morgan fingerprint density at radius 2 is 1.91 bits per heavy atom. The summed E-state index contributed by atoms with van der Waals surface area (Å²) < 4.78 is 5.17. The van der Waals surface area contributed by atoms with Gasteiger partial charge in [-0.15, -0.1) is 0 Å². The number of benzene rings is 1. The number of anilines is 1. The van der Waals surface area contributed by atoms with E-state index in [0.29, 0.717) is 12.2 Å². The number of carbonyl (C=O) groups is 2. The molecule has 1 aromatic rings. The maximum Gasteiger partial charge on any atom is 0.407 e. The van der Waals surface area contributed by atoms with Gasteiger partial charge in [-0.2, -0.15) is 0 Å². The molecule has 0 radical (unpaired) electrons. The van der Waals surface area contributed by atoms with Crippen LogP contribution in [0.3, 0.4) is 0 Å². The summed E-state index contributed by atoms with van der Waals surface area (Å²) in [6.07, 6.45) is -0.485. The largest absolute Gasteiger partial charge is 0.480 e. The van der Waals surface area contributed by atoms with Crippen molar-refractivity contribution >= 4 is 17.7 Å². The lowest BCUT2D eigenvalue weighted by atomic mass is 10.0. The Hall–Kier alpha value is -2.24. The van der Waals surface area contributed by atoms with Crippen molar-refractivity contribution in [2.75, 3.05) is 5.32 Å². The lowest BCUT2D eigenvalue weighted by molar-refractivity contribution is -0.138. The molecule has 0 aliphatic rings. The van der Waals surface area contributed by atoms with E-state index in [1.54, 1.807) is 26.8 Å². The van der Waals surface area contributed by atoms with Crippen LogP contribution < -0.4 is 10.6 Å². The van der Waals surface area contributed by atoms with Gasteiger partial charge in [0.25, 0.3) is 0 Å². The third-order valence-electron chi connectivity index (χ3n) is 3.02. The molecule has 23 heavy (non-hydrogen) atoms. The molecule has 1 rings (SSSR count). The van der Waals surface area contributed by atoms with Crippen LogP contribution in [0.1, 0.15) is 40.2 Å². The van der Waals surface area contributed by atoms with E-state index < -0.39 is 23.7 Å².